The third-order valence-corrected chi connectivity index (χ3v) is 6.94. The minimum absolute atomic E-state index is 0.281. The van der Waals surface area contributed by atoms with Gasteiger partial charge >= 0.3 is 6.09 Å². The summed E-state index contributed by atoms with van der Waals surface area (Å²) in [6.07, 6.45) is 4.60. The Morgan fingerprint density at radius 1 is 1.15 bits per heavy atom. The molecule has 0 saturated carbocycles. The van der Waals surface area contributed by atoms with Crippen LogP contribution in [0.5, 0.6) is 11.5 Å². The van der Waals surface area contributed by atoms with Crippen molar-refractivity contribution in [2.24, 2.45) is 5.84 Å². The van der Waals surface area contributed by atoms with E-state index >= 15 is 0 Å². The number of rotatable bonds is 8. The standard InChI is InChI=1S/C30H30ClFN4O3/c1-2-15-35(33)16-3-18-38-23-9-4-20(5-10-23)29-28-25(26-19-21(31)6-13-27(26)34-28)14-17-36(29)30(37)39-24-11-7-22(32)8-12-24/h2,4-13,15,19,29,34H,3,14,16-18,33H2,1H3/b15-2-. The molecule has 7 nitrogen and oxygen atoms in total. The van der Waals surface area contributed by atoms with Crippen LogP contribution in [-0.4, -0.2) is 40.7 Å². The van der Waals surface area contributed by atoms with Gasteiger partial charge in [-0.25, -0.2) is 15.0 Å². The van der Waals surface area contributed by atoms with Crippen molar-refractivity contribution in [1.29, 1.82) is 0 Å². The number of nitrogens with one attached hydrogen (secondary N) is 1. The normalized spacial score (nSPS) is 15.0. The molecule has 1 aliphatic heterocycles. The maximum Gasteiger partial charge on any atom is 0.416 e. The first kappa shape index (κ1) is 26.6. The zero-order valence-electron chi connectivity index (χ0n) is 21.6. The van der Waals surface area contributed by atoms with Gasteiger partial charge in [0, 0.05) is 47.3 Å². The number of aromatic nitrogens is 1. The third-order valence-electron chi connectivity index (χ3n) is 6.71. The first-order valence-electron chi connectivity index (χ1n) is 12.8. The molecule has 5 rings (SSSR count). The SMILES string of the molecule is C/C=C\N(N)CCCOc1ccc(C2c3[nH]c4ccc(Cl)cc4c3CCN2C(=O)Oc2ccc(F)cc2)cc1. The maximum absolute atomic E-state index is 13.4. The van der Waals surface area contributed by atoms with Gasteiger partial charge in [0.1, 0.15) is 23.4 Å². The molecule has 0 bridgehead atoms. The second-order valence-corrected chi connectivity index (χ2v) is 9.80. The predicted octanol–water partition coefficient (Wildman–Crippen LogP) is 6.59. The zero-order chi connectivity index (χ0) is 27.4. The van der Waals surface area contributed by atoms with Crippen LogP contribution in [0.15, 0.2) is 79.0 Å². The molecule has 1 atom stereocenters. The van der Waals surface area contributed by atoms with Crippen molar-refractivity contribution in [2.75, 3.05) is 19.7 Å². The molecule has 4 aromatic rings. The summed E-state index contributed by atoms with van der Waals surface area (Å²) in [5.74, 6) is 6.47. The van der Waals surface area contributed by atoms with E-state index in [0.717, 1.165) is 39.9 Å². The van der Waals surface area contributed by atoms with E-state index in [0.29, 0.717) is 31.1 Å². The Kier molecular flexibility index (Phi) is 8.05. The van der Waals surface area contributed by atoms with Gasteiger partial charge in [0.2, 0.25) is 0 Å². The Balaban J connectivity index is 1.40. The molecule has 0 radical (unpaired) electrons. The summed E-state index contributed by atoms with van der Waals surface area (Å²) in [5, 5.41) is 3.32. The quantitative estimate of drug-likeness (QED) is 0.147. The summed E-state index contributed by atoms with van der Waals surface area (Å²) >= 11 is 6.30. The maximum atomic E-state index is 13.4. The molecule has 1 aromatic heterocycles. The molecule has 3 N–H and O–H groups in total. The van der Waals surface area contributed by atoms with E-state index in [1.165, 1.54) is 24.3 Å². The smallest absolute Gasteiger partial charge is 0.416 e. The molecular weight excluding hydrogens is 519 g/mol. The number of aromatic amines is 1. The zero-order valence-corrected chi connectivity index (χ0v) is 22.3. The largest absolute Gasteiger partial charge is 0.494 e. The van der Waals surface area contributed by atoms with E-state index in [4.69, 9.17) is 26.9 Å². The molecule has 1 amide bonds. The van der Waals surface area contributed by atoms with Crippen LogP contribution in [0.25, 0.3) is 10.9 Å². The van der Waals surface area contributed by atoms with E-state index in [-0.39, 0.29) is 5.75 Å². The Morgan fingerprint density at radius 3 is 2.64 bits per heavy atom. The second kappa shape index (κ2) is 11.8. The van der Waals surface area contributed by atoms with E-state index < -0.39 is 18.0 Å². The molecule has 1 unspecified atom stereocenters. The lowest BCUT2D eigenvalue weighted by Gasteiger charge is -2.35. The van der Waals surface area contributed by atoms with Crippen LogP contribution in [0.1, 0.15) is 36.2 Å². The van der Waals surface area contributed by atoms with Crippen molar-refractivity contribution in [3.63, 3.8) is 0 Å². The summed E-state index contributed by atoms with van der Waals surface area (Å²) in [5.41, 5.74) is 3.89. The van der Waals surface area contributed by atoms with Crippen molar-refractivity contribution in [3.8, 4) is 11.5 Å². The predicted molar refractivity (Wildman–Crippen MR) is 150 cm³/mol. The summed E-state index contributed by atoms with van der Waals surface area (Å²) in [6, 6.07) is 18.5. The number of ether oxygens (including phenoxy) is 2. The van der Waals surface area contributed by atoms with Crippen LogP contribution in [0, 0.1) is 5.82 Å². The first-order valence-corrected chi connectivity index (χ1v) is 13.2. The number of allylic oxidation sites excluding steroid dienone is 1. The molecule has 0 fully saturated rings. The van der Waals surface area contributed by atoms with Gasteiger partial charge in [-0.1, -0.05) is 29.8 Å². The van der Waals surface area contributed by atoms with Crippen LogP contribution in [-0.2, 0) is 6.42 Å². The Labute approximate surface area is 231 Å². The fraction of sp³-hybridized carbons (Fsp3) is 0.233. The van der Waals surface area contributed by atoms with Gasteiger partial charge in [-0.05, 0) is 79.1 Å². The van der Waals surface area contributed by atoms with Crippen molar-refractivity contribution in [2.45, 2.75) is 25.8 Å². The molecule has 3 aromatic carbocycles. The highest BCUT2D eigenvalue weighted by Crippen LogP contribution is 2.40. The highest BCUT2D eigenvalue weighted by molar-refractivity contribution is 6.31. The van der Waals surface area contributed by atoms with Crippen molar-refractivity contribution >= 4 is 28.6 Å². The monoisotopic (exact) mass is 548 g/mol. The number of halogens is 2. The van der Waals surface area contributed by atoms with Gasteiger partial charge in [-0.2, -0.15) is 0 Å². The van der Waals surface area contributed by atoms with E-state index in [1.807, 2.05) is 61.7 Å². The van der Waals surface area contributed by atoms with Crippen molar-refractivity contribution in [1.82, 2.24) is 14.9 Å². The number of nitrogens with zero attached hydrogens (tertiary/aromatic N) is 2. The Bertz CT molecular complexity index is 1470. The molecule has 9 heteroatoms. The molecule has 1 aliphatic rings. The highest BCUT2D eigenvalue weighted by atomic mass is 35.5. The van der Waals surface area contributed by atoms with Crippen LogP contribution >= 0.6 is 11.6 Å². The topological polar surface area (TPSA) is 83.8 Å². The lowest BCUT2D eigenvalue weighted by atomic mass is 9.92. The number of H-pyrrole nitrogens is 1. The van der Waals surface area contributed by atoms with Crippen LogP contribution in [0.3, 0.4) is 0 Å². The van der Waals surface area contributed by atoms with Crippen LogP contribution in [0.2, 0.25) is 5.02 Å². The molecule has 0 saturated heterocycles. The van der Waals surface area contributed by atoms with Gasteiger partial charge in [0.25, 0.3) is 0 Å². The lowest BCUT2D eigenvalue weighted by molar-refractivity contribution is 0.135. The second-order valence-electron chi connectivity index (χ2n) is 9.37. The van der Waals surface area contributed by atoms with Crippen molar-refractivity contribution < 1.29 is 18.7 Å². The average Bonchev–Trinajstić information content (AvgIpc) is 3.30. The molecule has 0 spiro atoms. The third kappa shape index (κ3) is 6.02. The minimum atomic E-state index is -0.512. The van der Waals surface area contributed by atoms with Gasteiger partial charge in [0.05, 0.1) is 6.61 Å². The number of amides is 1. The number of hydrazine groups is 1. The number of carbonyl (C=O) groups excluding carboxylic acids is 1. The van der Waals surface area contributed by atoms with Gasteiger partial charge < -0.3 is 19.5 Å². The highest BCUT2D eigenvalue weighted by Gasteiger charge is 2.35. The summed E-state index contributed by atoms with van der Waals surface area (Å²) in [7, 11) is 0. The molecule has 2 heterocycles. The number of carbonyl (C=O) groups is 1. The molecular formula is C30H30ClFN4O3. The Hall–Kier alpha value is -4.01. The summed E-state index contributed by atoms with van der Waals surface area (Å²) in [6.45, 7) is 3.57. The fourth-order valence-corrected chi connectivity index (χ4v) is 5.09. The number of fused-ring (bicyclic) bond motifs is 3. The van der Waals surface area contributed by atoms with Gasteiger partial charge in [-0.15, -0.1) is 0 Å². The molecule has 39 heavy (non-hydrogen) atoms. The number of benzene rings is 3. The van der Waals surface area contributed by atoms with Gasteiger partial charge in [0.15, 0.2) is 0 Å². The van der Waals surface area contributed by atoms with E-state index in [2.05, 4.69) is 4.98 Å². The summed E-state index contributed by atoms with van der Waals surface area (Å²) < 4.78 is 24.9. The summed E-state index contributed by atoms with van der Waals surface area (Å²) in [4.78, 5) is 18.6. The van der Waals surface area contributed by atoms with E-state index in [9.17, 15) is 9.18 Å². The molecule has 0 aliphatic carbocycles. The first-order chi connectivity index (χ1) is 18.9. The lowest BCUT2D eigenvalue weighted by Crippen LogP contribution is -2.42. The van der Waals surface area contributed by atoms with Crippen LogP contribution < -0.4 is 15.3 Å². The fourth-order valence-electron chi connectivity index (χ4n) is 4.92. The number of nitrogens with two attached hydrogens (primary N) is 1. The van der Waals surface area contributed by atoms with Gasteiger partial charge in [-0.3, -0.25) is 4.90 Å². The average molecular weight is 549 g/mol. The van der Waals surface area contributed by atoms with Crippen molar-refractivity contribution in [3.05, 3.63) is 107 Å². The Morgan fingerprint density at radius 2 is 1.90 bits per heavy atom. The molecule has 202 valence electrons. The number of hydrogen-bond donors (Lipinski definition) is 2. The minimum Gasteiger partial charge on any atom is -0.494 e. The number of hydrogen-bond acceptors (Lipinski definition) is 5. The van der Waals surface area contributed by atoms with Crippen LogP contribution in [0.4, 0.5) is 9.18 Å². The van der Waals surface area contributed by atoms with E-state index in [1.54, 1.807) is 9.91 Å².